The molecule has 0 aliphatic carbocycles. The normalized spacial score (nSPS) is 45.5. The predicted molar refractivity (Wildman–Crippen MR) is 39.0 cm³/mol. The van der Waals surface area contributed by atoms with Gasteiger partial charge >= 0.3 is 0 Å². The predicted octanol–water partition coefficient (Wildman–Crippen LogP) is 0.519. The maximum absolute atomic E-state index is 9.19. The van der Waals surface area contributed by atoms with Gasteiger partial charge in [0.2, 0.25) is 5.79 Å². The van der Waals surface area contributed by atoms with Gasteiger partial charge in [-0.05, 0) is 19.3 Å². The van der Waals surface area contributed by atoms with Crippen molar-refractivity contribution in [3.05, 3.63) is 0 Å². The number of hydrogen-bond donors (Lipinski definition) is 1. The fourth-order valence-electron chi connectivity index (χ4n) is 1.29. The summed E-state index contributed by atoms with van der Waals surface area (Å²) >= 11 is 0. The van der Waals surface area contributed by atoms with Crippen LogP contribution < -0.4 is 0 Å². The molecule has 2 rings (SSSR count). The highest BCUT2D eigenvalue weighted by atomic mass is 16.9. The zero-order chi connectivity index (χ0) is 8.06. The van der Waals surface area contributed by atoms with Crippen LogP contribution in [0, 0.1) is 5.92 Å². The molecule has 2 saturated heterocycles. The highest BCUT2D eigenvalue weighted by Gasteiger charge is 2.68. The first-order chi connectivity index (χ1) is 5.14. The molecule has 0 bridgehead atoms. The number of epoxide rings is 2. The van der Waals surface area contributed by atoms with E-state index in [9.17, 15) is 5.11 Å². The summed E-state index contributed by atoms with van der Waals surface area (Å²) in [5, 5.41) is 9.19. The van der Waals surface area contributed by atoms with Crippen molar-refractivity contribution in [2.45, 2.75) is 38.3 Å². The average molecular weight is 158 g/mol. The molecule has 1 N–H and O–H groups in total. The molecule has 3 nitrogen and oxygen atoms in total. The lowest BCUT2D eigenvalue weighted by atomic mass is 9.99. The van der Waals surface area contributed by atoms with Crippen molar-refractivity contribution in [2.75, 3.05) is 6.61 Å². The number of rotatable bonds is 3. The van der Waals surface area contributed by atoms with E-state index < -0.39 is 0 Å². The molecule has 0 amide bonds. The standard InChI is InChI=1S/C8H14O3/c1-5(6(2)9)3-7-8(11-7)4-10-8/h5-7,9H,3-4H2,1-2H3/t5?,6-,7?,8+/m0/s1. The fourth-order valence-corrected chi connectivity index (χ4v) is 1.29. The van der Waals surface area contributed by atoms with Crippen LogP contribution >= 0.6 is 0 Å². The lowest BCUT2D eigenvalue weighted by Gasteiger charge is -2.11. The van der Waals surface area contributed by atoms with Crippen molar-refractivity contribution in [3.8, 4) is 0 Å². The van der Waals surface area contributed by atoms with Crippen molar-refractivity contribution < 1.29 is 14.6 Å². The Morgan fingerprint density at radius 2 is 2.27 bits per heavy atom. The smallest absolute Gasteiger partial charge is 0.219 e. The Kier molecular flexibility index (Phi) is 1.50. The lowest BCUT2D eigenvalue weighted by molar-refractivity contribution is 0.124. The van der Waals surface area contributed by atoms with Crippen molar-refractivity contribution in [2.24, 2.45) is 5.92 Å². The summed E-state index contributed by atoms with van der Waals surface area (Å²) in [5.74, 6) is 0.131. The molecule has 0 saturated carbocycles. The van der Waals surface area contributed by atoms with Gasteiger partial charge in [-0.25, -0.2) is 0 Å². The maximum atomic E-state index is 9.19. The molecule has 4 atom stereocenters. The van der Waals surface area contributed by atoms with E-state index in [1.54, 1.807) is 0 Å². The van der Waals surface area contributed by atoms with E-state index in [0.717, 1.165) is 13.0 Å². The summed E-state index contributed by atoms with van der Waals surface area (Å²) in [6.45, 7) is 4.60. The third kappa shape index (κ3) is 1.28. The van der Waals surface area contributed by atoms with Crippen molar-refractivity contribution in [1.82, 2.24) is 0 Å². The Morgan fingerprint density at radius 3 is 2.64 bits per heavy atom. The number of aliphatic hydroxyl groups is 1. The molecule has 0 aromatic heterocycles. The van der Waals surface area contributed by atoms with Gasteiger partial charge < -0.3 is 14.6 Å². The van der Waals surface area contributed by atoms with Gasteiger partial charge in [0.15, 0.2) is 0 Å². The van der Waals surface area contributed by atoms with E-state index in [4.69, 9.17) is 9.47 Å². The molecule has 64 valence electrons. The van der Waals surface area contributed by atoms with E-state index in [1.165, 1.54) is 0 Å². The maximum Gasteiger partial charge on any atom is 0.219 e. The molecule has 0 aromatic carbocycles. The Balaban J connectivity index is 1.74. The van der Waals surface area contributed by atoms with E-state index in [2.05, 4.69) is 0 Å². The van der Waals surface area contributed by atoms with Crippen molar-refractivity contribution >= 4 is 0 Å². The number of ether oxygens (including phenoxy) is 2. The molecule has 11 heavy (non-hydrogen) atoms. The fraction of sp³-hybridized carbons (Fsp3) is 1.00. The second-order valence-corrected chi connectivity index (χ2v) is 3.66. The summed E-state index contributed by atoms with van der Waals surface area (Å²) in [5.41, 5.74) is 0. The van der Waals surface area contributed by atoms with Crippen LogP contribution in [0.5, 0.6) is 0 Å². The summed E-state index contributed by atoms with van der Waals surface area (Å²) in [7, 11) is 0. The van der Waals surface area contributed by atoms with Gasteiger partial charge in [0, 0.05) is 0 Å². The molecule has 2 aliphatic heterocycles. The first-order valence-corrected chi connectivity index (χ1v) is 4.14. The minimum atomic E-state index is -0.241. The number of aliphatic hydroxyl groups excluding tert-OH is 1. The third-order valence-electron chi connectivity index (χ3n) is 2.61. The van der Waals surface area contributed by atoms with Crippen LogP contribution in [0.2, 0.25) is 0 Å². The van der Waals surface area contributed by atoms with Crippen LogP contribution in [0.4, 0.5) is 0 Å². The molecule has 2 fully saturated rings. The molecule has 2 heterocycles. The Hall–Kier alpha value is -0.120. The molecular formula is C8H14O3. The minimum absolute atomic E-state index is 0.177. The third-order valence-corrected chi connectivity index (χ3v) is 2.61. The Morgan fingerprint density at radius 1 is 1.64 bits per heavy atom. The van der Waals surface area contributed by atoms with Gasteiger partial charge in [0.1, 0.15) is 12.7 Å². The minimum Gasteiger partial charge on any atom is -0.393 e. The summed E-state index contributed by atoms with van der Waals surface area (Å²) in [6.07, 6.45) is 0.930. The highest BCUT2D eigenvalue weighted by Crippen LogP contribution is 2.51. The van der Waals surface area contributed by atoms with Gasteiger partial charge in [0.05, 0.1) is 6.10 Å². The summed E-state index contributed by atoms with van der Waals surface area (Å²) in [4.78, 5) is 0. The van der Waals surface area contributed by atoms with Crippen molar-refractivity contribution in [1.29, 1.82) is 0 Å². The summed E-state index contributed by atoms with van der Waals surface area (Å²) < 4.78 is 10.4. The van der Waals surface area contributed by atoms with E-state index in [0.29, 0.717) is 5.92 Å². The van der Waals surface area contributed by atoms with Crippen LogP contribution in [0.1, 0.15) is 20.3 Å². The topological polar surface area (TPSA) is 45.3 Å². The Bertz CT molecular complexity index is 163. The van der Waals surface area contributed by atoms with Gasteiger partial charge in [-0.3, -0.25) is 0 Å². The number of hydrogen-bond acceptors (Lipinski definition) is 3. The van der Waals surface area contributed by atoms with Crippen LogP contribution in [-0.4, -0.2) is 29.7 Å². The monoisotopic (exact) mass is 158 g/mol. The quantitative estimate of drug-likeness (QED) is 0.609. The molecule has 2 aliphatic rings. The molecule has 0 aromatic rings. The van der Waals surface area contributed by atoms with Gasteiger partial charge in [-0.1, -0.05) is 6.92 Å². The lowest BCUT2D eigenvalue weighted by Crippen LogP contribution is -2.16. The van der Waals surface area contributed by atoms with E-state index in [-0.39, 0.29) is 18.0 Å². The molecule has 3 heteroatoms. The zero-order valence-corrected chi connectivity index (χ0v) is 6.91. The first-order valence-electron chi connectivity index (χ1n) is 4.14. The van der Waals surface area contributed by atoms with Crippen LogP contribution in [0.3, 0.4) is 0 Å². The zero-order valence-electron chi connectivity index (χ0n) is 6.91. The van der Waals surface area contributed by atoms with Crippen LogP contribution in [0.15, 0.2) is 0 Å². The van der Waals surface area contributed by atoms with Gasteiger partial charge in [-0.2, -0.15) is 0 Å². The van der Waals surface area contributed by atoms with E-state index in [1.807, 2.05) is 13.8 Å². The molecule has 1 spiro atoms. The van der Waals surface area contributed by atoms with Gasteiger partial charge in [0.25, 0.3) is 0 Å². The van der Waals surface area contributed by atoms with E-state index >= 15 is 0 Å². The largest absolute Gasteiger partial charge is 0.393 e. The van der Waals surface area contributed by atoms with Crippen molar-refractivity contribution in [3.63, 3.8) is 0 Å². The second kappa shape index (κ2) is 2.19. The summed E-state index contributed by atoms with van der Waals surface area (Å²) in [6, 6.07) is 0. The SMILES string of the molecule is CC(CC1O[C@]12CO2)[C@H](C)O. The molecule has 2 unspecified atom stereocenters. The highest BCUT2D eigenvalue weighted by molar-refractivity contribution is 5.04. The molecule has 0 radical (unpaired) electrons. The Labute approximate surface area is 66.3 Å². The van der Waals surface area contributed by atoms with Crippen LogP contribution in [-0.2, 0) is 9.47 Å². The van der Waals surface area contributed by atoms with Gasteiger partial charge in [-0.15, -0.1) is 0 Å². The second-order valence-electron chi connectivity index (χ2n) is 3.66. The van der Waals surface area contributed by atoms with Crippen LogP contribution in [0.25, 0.3) is 0 Å². The molecular weight excluding hydrogens is 144 g/mol. The average Bonchev–Trinajstić information content (AvgIpc) is 2.78. The first kappa shape index (κ1) is 7.53.